The van der Waals surface area contributed by atoms with Crippen molar-refractivity contribution in [1.29, 1.82) is 0 Å². The van der Waals surface area contributed by atoms with Crippen LogP contribution in [0.2, 0.25) is 0 Å². The molecular formula is C19H20N2O. The molecule has 2 aromatic rings. The van der Waals surface area contributed by atoms with E-state index >= 15 is 0 Å². The molecule has 0 unspecified atom stereocenters. The SMILES string of the molecule is O[C@]1(c2ccccc2)c2ccccc2N=C2CCCCCN21. The fourth-order valence-corrected chi connectivity index (χ4v) is 3.59. The van der Waals surface area contributed by atoms with Crippen molar-refractivity contribution in [3.05, 3.63) is 65.7 Å². The fraction of sp³-hybridized carbons (Fsp3) is 0.316. The molecule has 2 aliphatic heterocycles. The number of hydrogen-bond donors (Lipinski definition) is 1. The third-order valence-corrected chi connectivity index (χ3v) is 4.69. The van der Waals surface area contributed by atoms with Crippen LogP contribution in [0.1, 0.15) is 36.8 Å². The van der Waals surface area contributed by atoms with Crippen molar-refractivity contribution in [1.82, 2.24) is 4.90 Å². The lowest BCUT2D eigenvalue weighted by Gasteiger charge is -2.45. The molecule has 0 amide bonds. The lowest BCUT2D eigenvalue weighted by Crippen LogP contribution is -2.52. The Kier molecular flexibility index (Phi) is 3.23. The number of para-hydroxylation sites is 1. The number of hydrogen-bond acceptors (Lipinski definition) is 3. The summed E-state index contributed by atoms with van der Waals surface area (Å²) in [6, 6.07) is 17.9. The van der Waals surface area contributed by atoms with Crippen molar-refractivity contribution in [2.24, 2.45) is 4.99 Å². The molecule has 1 atom stereocenters. The van der Waals surface area contributed by atoms with E-state index in [1.807, 2.05) is 54.6 Å². The number of aliphatic hydroxyl groups is 1. The van der Waals surface area contributed by atoms with E-state index in [4.69, 9.17) is 4.99 Å². The van der Waals surface area contributed by atoms with Crippen molar-refractivity contribution in [2.75, 3.05) is 6.54 Å². The number of nitrogens with zero attached hydrogens (tertiary/aromatic N) is 2. The highest BCUT2D eigenvalue weighted by molar-refractivity contribution is 5.89. The van der Waals surface area contributed by atoms with Gasteiger partial charge in [-0.05, 0) is 18.9 Å². The van der Waals surface area contributed by atoms with Crippen molar-refractivity contribution >= 4 is 11.5 Å². The van der Waals surface area contributed by atoms with Gasteiger partial charge in [0.05, 0.1) is 5.69 Å². The van der Waals surface area contributed by atoms with Gasteiger partial charge in [-0.2, -0.15) is 0 Å². The molecule has 3 nitrogen and oxygen atoms in total. The lowest BCUT2D eigenvalue weighted by molar-refractivity contribution is -0.0401. The fourth-order valence-electron chi connectivity index (χ4n) is 3.59. The minimum absolute atomic E-state index is 0.846. The summed E-state index contributed by atoms with van der Waals surface area (Å²) < 4.78 is 0. The highest BCUT2D eigenvalue weighted by atomic mass is 16.3. The van der Waals surface area contributed by atoms with Crippen LogP contribution in [-0.4, -0.2) is 22.4 Å². The maximum Gasteiger partial charge on any atom is 0.194 e. The standard InChI is InChI=1S/C19H20N2O/c22-19(15-9-3-1-4-10-15)16-11-6-7-12-17(16)20-18-13-5-2-8-14-21(18)19/h1,3-4,6-7,9-12,22H,2,5,8,13-14H2/t19-/m1/s1. The van der Waals surface area contributed by atoms with E-state index in [2.05, 4.69) is 4.90 Å². The molecular weight excluding hydrogens is 272 g/mol. The molecule has 0 aliphatic carbocycles. The summed E-state index contributed by atoms with van der Waals surface area (Å²) in [6.45, 7) is 0.846. The molecule has 1 saturated heterocycles. The Morgan fingerprint density at radius 3 is 2.55 bits per heavy atom. The van der Waals surface area contributed by atoms with Crippen molar-refractivity contribution in [2.45, 2.75) is 31.4 Å². The zero-order valence-corrected chi connectivity index (χ0v) is 12.6. The van der Waals surface area contributed by atoms with Crippen LogP contribution in [0.5, 0.6) is 0 Å². The van der Waals surface area contributed by atoms with Gasteiger partial charge in [-0.1, -0.05) is 55.0 Å². The summed E-state index contributed by atoms with van der Waals surface area (Å²) in [5.41, 5.74) is 1.57. The summed E-state index contributed by atoms with van der Waals surface area (Å²) in [5, 5.41) is 11.8. The van der Waals surface area contributed by atoms with Crippen LogP contribution >= 0.6 is 0 Å². The Bertz CT molecular complexity index is 710. The molecule has 2 aromatic carbocycles. The summed E-state index contributed by atoms with van der Waals surface area (Å²) in [6.07, 6.45) is 4.36. The molecule has 1 N–H and O–H groups in total. The molecule has 0 aromatic heterocycles. The smallest absolute Gasteiger partial charge is 0.194 e. The quantitative estimate of drug-likeness (QED) is 0.868. The largest absolute Gasteiger partial charge is 0.363 e. The first-order valence-electron chi connectivity index (χ1n) is 8.03. The van der Waals surface area contributed by atoms with E-state index < -0.39 is 5.72 Å². The van der Waals surface area contributed by atoms with Gasteiger partial charge in [0.1, 0.15) is 5.84 Å². The van der Waals surface area contributed by atoms with Gasteiger partial charge in [-0.15, -0.1) is 0 Å². The zero-order valence-electron chi connectivity index (χ0n) is 12.6. The van der Waals surface area contributed by atoms with Crippen LogP contribution < -0.4 is 0 Å². The average molecular weight is 292 g/mol. The summed E-state index contributed by atoms with van der Waals surface area (Å²) in [4.78, 5) is 6.94. The van der Waals surface area contributed by atoms with Crippen LogP contribution in [0.25, 0.3) is 0 Å². The molecule has 0 saturated carbocycles. The summed E-state index contributed by atoms with van der Waals surface area (Å²) >= 11 is 0. The number of aliphatic imine (C=N–C) groups is 1. The van der Waals surface area contributed by atoms with Gasteiger partial charge in [-0.25, -0.2) is 4.99 Å². The molecule has 2 aliphatic rings. The van der Waals surface area contributed by atoms with E-state index in [1.54, 1.807) is 0 Å². The third-order valence-electron chi connectivity index (χ3n) is 4.69. The minimum Gasteiger partial charge on any atom is -0.363 e. The number of fused-ring (bicyclic) bond motifs is 2. The predicted octanol–water partition coefficient (Wildman–Crippen LogP) is 3.80. The molecule has 4 rings (SSSR count). The first-order valence-corrected chi connectivity index (χ1v) is 8.03. The highest BCUT2D eigenvalue weighted by Crippen LogP contribution is 2.43. The van der Waals surface area contributed by atoms with Crippen LogP contribution in [0.4, 0.5) is 5.69 Å². The topological polar surface area (TPSA) is 35.8 Å². The van der Waals surface area contributed by atoms with Gasteiger partial charge in [0, 0.05) is 24.1 Å². The maximum atomic E-state index is 11.8. The third kappa shape index (κ3) is 1.97. The lowest BCUT2D eigenvalue weighted by atomic mass is 9.89. The van der Waals surface area contributed by atoms with Crippen LogP contribution in [0.3, 0.4) is 0 Å². The Balaban J connectivity index is 1.95. The summed E-state index contributed by atoms with van der Waals surface area (Å²) in [5.74, 6) is 1.02. The van der Waals surface area contributed by atoms with Gasteiger partial charge >= 0.3 is 0 Å². The molecule has 112 valence electrons. The average Bonchev–Trinajstić information content (AvgIpc) is 2.82. The Morgan fingerprint density at radius 1 is 0.909 bits per heavy atom. The van der Waals surface area contributed by atoms with E-state index in [-0.39, 0.29) is 0 Å². The number of rotatable bonds is 1. The van der Waals surface area contributed by atoms with E-state index in [0.29, 0.717) is 0 Å². The molecule has 0 radical (unpaired) electrons. The molecule has 2 heterocycles. The zero-order chi connectivity index (χ0) is 15.0. The summed E-state index contributed by atoms with van der Waals surface area (Å²) in [7, 11) is 0. The normalized spacial score (nSPS) is 24.0. The van der Waals surface area contributed by atoms with Gasteiger partial charge in [-0.3, -0.25) is 0 Å². The van der Waals surface area contributed by atoms with Crippen LogP contribution in [0, 0.1) is 0 Å². The monoisotopic (exact) mass is 292 g/mol. The molecule has 3 heteroatoms. The molecule has 0 spiro atoms. The highest BCUT2D eigenvalue weighted by Gasteiger charge is 2.44. The molecule has 0 bridgehead atoms. The van der Waals surface area contributed by atoms with Crippen LogP contribution in [0.15, 0.2) is 59.6 Å². The first-order chi connectivity index (χ1) is 10.8. The molecule has 1 fully saturated rings. The second-order valence-electron chi connectivity index (χ2n) is 6.05. The van der Waals surface area contributed by atoms with Crippen LogP contribution in [-0.2, 0) is 5.72 Å². The maximum absolute atomic E-state index is 11.8. The van der Waals surface area contributed by atoms with E-state index in [0.717, 1.165) is 48.5 Å². The van der Waals surface area contributed by atoms with Gasteiger partial charge < -0.3 is 10.0 Å². The number of benzene rings is 2. The Morgan fingerprint density at radius 2 is 1.68 bits per heavy atom. The number of amidine groups is 1. The Hall–Kier alpha value is -2.13. The molecule has 22 heavy (non-hydrogen) atoms. The van der Waals surface area contributed by atoms with Crippen molar-refractivity contribution in [3.63, 3.8) is 0 Å². The second kappa shape index (κ2) is 5.25. The second-order valence-corrected chi connectivity index (χ2v) is 6.05. The first kappa shape index (κ1) is 13.5. The van der Waals surface area contributed by atoms with E-state index in [9.17, 15) is 5.11 Å². The Labute approximate surface area is 130 Å². The van der Waals surface area contributed by atoms with Crippen molar-refractivity contribution < 1.29 is 5.11 Å². The van der Waals surface area contributed by atoms with Gasteiger partial charge in [0.25, 0.3) is 0 Å². The minimum atomic E-state index is -1.11. The van der Waals surface area contributed by atoms with E-state index in [1.165, 1.54) is 6.42 Å². The van der Waals surface area contributed by atoms with Gasteiger partial charge in [0.2, 0.25) is 0 Å². The predicted molar refractivity (Wildman–Crippen MR) is 88.2 cm³/mol. The van der Waals surface area contributed by atoms with Gasteiger partial charge in [0.15, 0.2) is 5.72 Å². The van der Waals surface area contributed by atoms with Crippen molar-refractivity contribution in [3.8, 4) is 0 Å².